The second-order valence-corrected chi connectivity index (χ2v) is 8.03. The number of esters is 2. The number of carbonyl (C=O) groups excluding carboxylic acids is 2. The fraction of sp³-hybridized carbons (Fsp3) is 0.148. The molecule has 1 unspecified atom stereocenters. The summed E-state index contributed by atoms with van der Waals surface area (Å²) < 4.78 is 26.7. The van der Waals surface area contributed by atoms with Gasteiger partial charge in [-0.15, -0.1) is 0 Å². The molecule has 1 aliphatic carbocycles. The third-order valence-corrected chi connectivity index (χ3v) is 6.32. The molecule has 34 heavy (non-hydrogen) atoms. The zero-order valence-electron chi connectivity index (χ0n) is 18.6. The minimum absolute atomic E-state index is 0.371. The Hall–Kier alpha value is -4.26. The van der Waals surface area contributed by atoms with E-state index in [1.54, 1.807) is 23.0 Å². The Bertz CT molecular complexity index is 1430. The standard InChI is InChI=1S/C27H21FN2O4/c1-33-25(31)27(26(32)34-2)21(14-17-8-4-3-5-9-17)19-13-12-18(28)15-20(19)24(27)30-16-29-22-10-6-7-11-23(22)30/h3-16,24H,1-2H3/b21-14-. The van der Waals surface area contributed by atoms with Gasteiger partial charge in [-0.2, -0.15) is 0 Å². The lowest BCUT2D eigenvalue weighted by Crippen LogP contribution is -2.46. The Morgan fingerprint density at radius 2 is 1.65 bits per heavy atom. The van der Waals surface area contributed by atoms with Crippen LogP contribution in [0, 0.1) is 11.2 Å². The van der Waals surface area contributed by atoms with Crippen LogP contribution < -0.4 is 0 Å². The van der Waals surface area contributed by atoms with Gasteiger partial charge in [-0.25, -0.2) is 9.37 Å². The van der Waals surface area contributed by atoms with E-state index in [2.05, 4.69) is 4.98 Å². The molecule has 3 aromatic carbocycles. The van der Waals surface area contributed by atoms with Gasteiger partial charge in [0.1, 0.15) is 5.82 Å². The average molecular weight is 456 g/mol. The molecule has 0 saturated carbocycles. The summed E-state index contributed by atoms with van der Waals surface area (Å²) in [6, 6.07) is 19.9. The maximum atomic E-state index is 14.6. The second kappa shape index (κ2) is 8.26. The number of methoxy groups -OCH3 is 2. The van der Waals surface area contributed by atoms with Crippen molar-refractivity contribution in [1.82, 2.24) is 9.55 Å². The molecule has 0 N–H and O–H groups in total. The Balaban J connectivity index is 1.92. The third-order valence-electron chi connectivity index (χ3n) is 6.32. The molecular weight excluding hydrogens is 435 g/mol. The van der Waals surface area contributed by atoms with Crippen LogP contribution >= 0.6 is 0 Å². The fourth-order valence-corrected chi connectivity index (χ4v) is 4.90. The number of nitrogens with zero attached hydrogens (tertiary/aromatic N) is 2. The molecule has 4 aromatic rings. The van der Waals surface area contributed by atoms with E-state index in [0.29, 0.717) is 27.7 Å². The van der Waals surface area contributed by atoms with Gasteiger partial charge in [0.15, 0.2) is 0 Å². The number of hydrogen-bond acceptors (Lipinski definition) is 5. The molecule has 1 heterocycles. The molecule has 0 aliphatic heterocycles. The van der Waals surface area contributed by atoms with Gasteiger partial charge in [0.25, 0.3) is 0 Å². The SMILES string of the molecule is COC(=O)C1(C(=O)OC)/C(=C\c2ccccc2)c2ccc(F)cc2C1n1cnc2ccccc21. The molecule has 0 spiro atoms. The van der Waals surface area contributed by atoms with Gasteiger partial charge < -0.3 is 14.0 Å². The lowest BCUT2D eigenvalue weighted by atomic mass is 9.76. The van der Waals surface area contributed by atoms with Crippen LogP contribution in [-0.4, -0.2) is 35.7 Å². The molecule has 1 atom stereocenters. The minimum atomic E-state index is -1.93. The first-order chi connectivity index (χ1) is 16.5. The normalized spacial score (nSPS) is 17.5. The molecule has 5 rings (SSSR count). The van der Waals surface area contributed by atoms with E-state index in [0.717, 1.165) is 5.56 Å². The Morgan fingerprint density at radius 3 is 2.35 bits per heavy atom. The summed E-state index contributed by atoms with van der Waals surface area (Å²) >= 11 is 0. The van der Waals surface area contributed by atoms with Crippen LogP contribution in [0.1, 0.15) is 22.7 Å². The highest BCUT2D eigenvalue weighted by Crippen LogP contribution is 2.58. The lowest BCUT2D eigenvalue weighted by Gasteiger charge is -2.32. The van der Waals surface area contributed by atoms with E-state index in [4.69, 9.17) is 9.47 Å². The summed E-state index contributed by atoms with van der Waals surface area (Å²) in [5.74, 6) is -2.10. The molecule has 170 valence electrons. The summed E-state index contributed by atoms with van der Waals surface area (Å²) in [6.07, 6.45) is 3.31. The summed E-state index contributed by atoms with van der Waals surface area (Å²) in [4.78, 5) is 31.7. The number of carbonyl (C=O) groups is 2. The van der Waals surface area contributed by atoms with Gasteiger partial charge in [-0.1, -0.05) is 48.5 Å². The second-order valence-electron chi connectivity index (χ2n) is 8.03. The van der Waals surface area contributed by atoms with Crippen LogP contribution in [0.4, 0.5) is 4.39 Å². The van der Waals surface area contributed by atoms with Crippen LogP contribution in [0.5, 0.6) is 0 Å². The number of ether oxygens (including phenoxy) is 2. The number of hydrogen-bond donors (Lipinski definition) is 0. The highest BCUT2D eigenvalue weighted by atomic mass is 19.1. The molecule has 1 aromatic heterocycles. The van der Waals surface area contributed by atoms with Gasteiger partial charge in [0.05, 0.1) is 37.6 Å². The third kappa shape index (κ3) is 3.04. The smallest absolute Gasteiger partial charge is 0.330 e. The number of aromatic nitrogens is 2. The quantitative estimate of drug-likeness (QED) is 0.330. The molecule has 1 aliphatic rings. The number of fused-ring (bicyclic) bond motifs is 2. The van der Waals surface area contributed by atoms with E-state index in [-0.39, 0.29) is 0 Å². The summed E-state index contributed by atoms with van der Waals surface area (Å²) in [6.45, 7) is 0. The van der Waals surface area contributed by atoms with Gasteiger partial charge in [0, 0.05) is 0 Å². The molecule has 7 heteroatoms. The molecule has 0 radical (unpaired) electrons. The molecule has 6 nitrogen and oxygen atoms in total. The van der Waals surface area contributed by atoms with Crippen molar-refractivity contribution in [3.63, 3.8) is 0 Å². The molecular formula is C27H21FN2O4. The average Bonchev–Trinajstić information content (AvgIpc) is 3.40. The monoisotopic (exact) mass is 456 g/mol. The van der Waals surface area contributed by atoms with Crippen molar-refractivity contribution in [3.8, 4) is 0 Å². The van der Waals surface area contributed by atoms with Gasteiger partial charge in [-0.05, 0) is 52.6 Å². The molecule has 0 amide bonds. The number of benzene rings is 3. The van der Waals surface area contributed by atoms with Gasteiger partial charge in [0.2, 0.25) is 5.41 Å². The minimum Gasteiger partial charge on any atom is -0.468 e. The topological polar surface area (TPSA) is 70.4 Å². The Labute approximate surface area is 195 Å². The van der Waals surface area contributed by atoms with Crippen molar-refractivity contribution >= 4 is 34.6 Å². The molecule has 0 bridgehead atoms. The van der Waals surface area contributed by atoms with E-state index in [1.165, 1.54) is 26.4 Å². The number of rotatable bonds is 4. The first-order valence-electron chi connectivity index (χ1n) is 10.7. The van der Waals surface area contributed by atoms with Crippen molar-refractivity contribution < 1.29 is 23.5 Å². The van der Waals surface area contributed by atoms with Crippen molar-refractivity contribution in [2.45, 2.75) is 6.04 Å². The van der Waals surface area contributed by atoms with E-state index in [9.17, 15) is 14.0 Å². The number of imidazole rings is 1. The Morgan fingerprint density at radius 1 is 0.971 bits per heavy atom. The van der Waals surface area contributed by atoms with Crippen LogP contribution in [-0.2, 0) is 19.1 Å². The fourth-order valence-electron chi connectivity index (χ4n) is 4.90. The van der Waals surface area contributed by atoms with Crippen LogP contribution in [0.2, 0.25) is 0 Å². The van der Waals surface area contributed by atoms with Crippen molar-refractivity contribution in [2.75, 3.05) is 14.2 Å². The number of para-hydroxylation sites is 2. The van der Waals surface area contributed by atoms with E-state index < -0.39 is 29.2 Å². The van der Waals surface area contributed by atoms with Crippen molar-refractivity contribution in [2.24, 2.45) is 5.41 Å². The molecule has 0 fully saturated rings. The largest absolute Gasteiger partial charge is 0.468 e. The summed E-state index contributed by atoms with van der Waals surface area (Å²) in [7, 11) is 2.44. The first-order valence-corrected chi connectivity index (χ1v) is 10.7. The highest BCUT2D eigenvalue weighted by Gasteiger charge is 2.63. The Kier molecular flexibility index (Phi) is 5.24. The maximum absolute atomic E-state index is 14.6. The van der Waals surface area contributed by atoms with Crippen LogP contribution in [0.25, 0.3) is 22.7 Å². The number of halogens is 1. The van der Waals surface area contributed by atoms with Crippen LogP contribution in [0.3, 0.4) is 0 Å². The zero-order valence-corrected chi connectivity index (χ0v) is 18.6. The lowest BCUT2D eigenvalue weighted by molar-refractivity contribution is -0.165. The van der Waals surface area contributed by atoms with Crippen LogP contribution in [0.15, 0.2) is 79.1 Å². The summed E-state index contributed by atoms with van der Waals surface area (Å²) in [5, 5.41) is 0. The van der Waals surface area contributed by atoms with Gasteiger partial charge in [-0.3, -0.25) is 9.59 Å². The zero-order chi connectivity index (χ0) is 23.9. The summed E-state index contributed by atoms with van der Waals surface area (Å²) in [5.41, 5.74) is 1.57. The predicted molar refractivity (Wildman–Crippen MR) is 125 cm³/mol. The predicted octanol–water partition coefficient (Wildman–Crippen LogP) is 4.65. The van der Waals surface area contributed by atoms with Crippen molar-refractivity contribution in [3.05, 3.63) is 102 Å². The van der Waals surface area contributed by atoms with E-state index in [1.807, 2.05) is 54.6 Å². The highest BCUT2D eigenvalue weighted by molar-refractivity contribution is 6.18. The molecule has 0 saturated heterocycles. The maximum Gasteiger partial charge on any atom is 0.330 e. The first kappa shape index (κ1) is 21.6. The van der Waals surface area contributed by atoms with Crippen molar-refractivity contribution in [1.29, 1.82) is 0 Å². The van der Waals surface area contributed by atoms with E-state index >= 15 is 0 Å². The van der Waals surface area contributed by atoms with Gasteiger partial charge >= 0.3 is 11.9 Å².